The molecule has 1 fully saturated rings. The molecule has 0 aromatic heterocycles. The van der Waals surface area contributed by atoms with E-state index in [0.29, 0.717) is 19.4 Å². The van der Waals surface area contributed by atoms with E-state index < -0.39 is 0 Å². The summed E-state index contributed by atoms with van der Waals surface area (Å²) >= 11 is 0. The fraction of sp³-hybridized carbons (Fsp3) is 0.714. The number of rotatable bonds is 4. The van der Waals surface area contributed by atoms with Crippen LogP contribution in [0.5, 0.6) is 0 Å². The second kappa shape index (κ2) is 6.44. The molecule has 1 heterocycles. The summed E-state index contributed by atoms with van der Waals surface area (Å²) in [6.07, 6.45) is 1.25. The van der Waals surface area contributed by atoms with Crippen molar-refractivity contribution < 1.29 is 9.59 Å². The van der Waals surface area contributed by atoms with Gasteiger partial charge in [0, 0.05) is 13.0 Å². The third-order valence-electron chi connectivity index (χ3n) is 3.20. The Labute approximate surface area is 109 Å². The van der Waals surface area contributed by atoms with Gasteiger partial charge in [-0.2, -0.15) is 0 Å². The van der Waals surface area contributed by atoms with Crippen LogP contribution >= 0.6 is 0 Å². The minimum atomic E-state index is -0.373. The van der Waals surface area contributed by atoms with Gasteiger partial charge in [0.15, 0.2) is 0 Å². The van der Waals surface area contributed by atoms with Crippen LogP contribution < -0.4 is 5.32 Å². The number of nitrogens with one attached hydrogen (secondary N) is 1. The maximum Gasteiger partial charge on any atom is 0.245 e. The summed E-state index contributed by atoms with van der Waals surface area (Å²) in [6.45, 7) is 8.14. The van der Waals surface area contributed by atoms with E-state index in [2.05, 4.69) is 17.2 Å². The quantitative estimate of drug-likeness (QED) is 0.761. The molecule has 2 atom stereocenters. The molecule has 18 heavy (non-hydrogen) atoms. The molecule has 0 aliphatic carbocycles. The Morgan fingerprint density at radius 1 is 1.39 bits per heavy atom. The predicted octanol–water partition coefficient (Wildman–Crippen LogP) is 1.16. The zero-order valence-electron chi connectivity index (χ0n) is 11.6. The molecule has 0 bridgehead atoms. The van der Waals surface area contributed by atoms with Crippen molar-refractivity contribution in [1.29, 1.82) is 0 Å². The highest BCUT2D eigenvalue weighted by atomic mass is 16.2. The molecule has 1 rings (SSSR count). The molecule has 100 valence electrons. The maximum atomic E-state index is 12.3. The number of hydrogen-bond donors (Lipinski definition) is 1. The van der Waals surface area contributed by atoms with Gasteiger partial charge in [0.1, 0.15) is 12.1 Å². The molecule has 0 spiro atoms. The molecule has 0 aromatic carbocycles. The highest BCUT2D eigenvalue weighted by molar-refractivity contribution is 5.97. The predicted molar refractivity (Wildman–Crippen MR) is 70.6 cm³/mol. The monoisotopic (exact) mass is 250 g/mol. The fourth-order valence-electron chi connectivity index (χ4n) is 2.29. The summed E-state index contributed by atoms with van der Waals surface area (Å²) in [5.41, 5.74) is 0. The van der Waals surface area contributed by atoms with Crippen LogP contribution in [0.15, 0.2) is 0 Å². The highest BCUT2D eigenvalue weighted by Crippen LogP contribution is 2.18. The van der Waals surface area contributed by atoms with Crippen molar-refractivity contribution in [2.45, 2.75) is 52.6 Å². The van der Waals surface area contributed by atoms with Crippen molar-refractivity contribution in [3.63, 3.8) is 0 Å². The molecule has 4 nitrogen and oxygen atoms in total. The first kappa shape index (κ1) is 14.6. The fourth-order valence-corrected chi connectivity index (χ4v) is 2.29. The molecular weight excluding hydrogens is 228 g/mol. The van der Waals surface area contributed by atoms with Gasteiger partial charge < -0.3 is 10.2 Å². The lowest BCUT2D eigenvalue weighted by molar-refractivity contribution is -0.151. The molecule has 1 N–H and O–H groups in total. The Kier molecular flexibility index (Phi) is 5.21. The number of carbonyl (C=O) groups excluding carboxylic acids is 2. The Morgan fingerprint density at radius 2 is 2.06 bits per heavy atom. The lowest BCUT2D eigenvalue weighted by atomic mass is 9.96. The van der Waals surface area contributed by atoms with Crippen molar-refractivity contribution in [3.05, 3.63) is 0 Å². The first-order chi connectivity index (χ1) is 8.52. The number of amides is 2. The molecule has 2 amide bonds. The van der Waals surface area contributed by atoms with Crippen LogP contribution in [0.2, 0.25) is 0 Å². The Hall–Kier alpha value is -1.50. The van der Waals surface area contributed by atoms with E-state index in [1.54, 1.807) is 11.8 Å². The number of hydrogen-bond acceptors (Lipinski definition) is 2. The van der Waals surface area contributed by atoms with Crippen LogP contribution in [-0.4, -0.2) is 35.3 Å². The third-order valence-corrected chi connectivity index (χ3v) is 3.20. The van der Waals surface area contributed by atoms with Crippen LogP contribution in [0.25, 0.3) is 0 Å². The smallest absolute Gasteiger partial charge is 0.245 e. The zero-order valence-corrected chi connectivity index (χ0v) is 11.6. The van der Waals surface area contributed by atoms with E-state index >= 15 is 0 Å². The van der Waals surface area contributed by atoms with Crippen molar-refractivity contribution in [2.24, 2.45) is 5.92 Å². The largest absolute Gasteiger partial charge is 0.343 e. The van der Waals surface area contributed by atoms with Gasteiger partial charge in [0.2, 0.25) is 11.8 Å². The molecule has 2 unspecified atom stereocenters. The number of nitrogens with zero attached hydrogens (tertiary/aromatic N) is 1. The second-order valence-electron chi connectivity index (χ2n) is 4.87. The number of piperazine rings is 1. The van der Waals surface area contributed by atoms with E-state index in [1.165, 1.54) is 0 Å². The average molecular weight is 250 g/mol. The molecule has 0 radical (unpaired) electrons. The lowest BCUT2D eigenvalue weighted by Crippen LogP contribution is -2.64. The summed E-state index contributed by atoms with van der Waals surface area (Å²) in [4.78, 5) is 26.0. The van der Waals surface area contributed by atoms with Crippen molar-refractivity contribution in [1.82, 2.24) is 10.2 Å². The van der Waals surface area contributed by atoms with E-state index in [9.17, 15) is 9.59 Å². The highest BCUT2D eigenvalue weighted by Gasteiger charge is 2.40. The van der Waals surface area contributed by atoms with Gasteiger partial charge in [0.05, 0.1) is 0 Å². The van der Waals surface area contributed by atoms with E-state index in [4.69, 9.17) is 0 Å². The van der Waals surface area contributed by atoms with E-state index in [0.717, 1.165) is 0 Å². The summed E-state index contributed by atoms with van der Waals surface area (Å²) in [5, 5.41) is 2.80. The summed E-state index contributed by atoms with van der Waals surface area (Å²) in [6, 6.07) is -0.735. The van der Waals surface area contributed by atoms with Crippen LogP contribution in [0.3, 0.4) is 0 Å². The summed E-state index contributed by atoms with van der Waals surface area (Å²) in [7, 11) is 0. The standard InChI is InChI=1S/C14H22N2O2/c1-5-7-8-9-16-12(10(3)4)13(17)15-11(6-2)14(16)18/h10-12H,6,8-9H2,1-4H3,(H,15,17). The van der Waals surface area contributed by atoms with Gasteiger partial charge >= 0.3 is 0 Å². The van der Waals surface area contributed by atoms with Crippen LogP contribution in [-0.2, 0) is 9.59 Å². The Bertz CT molecular complexity index is 379. The molecule has 1 aliphatic heterocycles. The third kappa shape index (κ3) is 3.04. The van der Waals surface area contributed by atoms with Crippen LogP contribution in [0.1, 0.15) is 40.5 Å². The van der Waals surface area contributed by atoms with Gasteiger partial charge in [-0.3, -0.25) is 9.59 Å². The maximum absolute atomic E-state index is 12.3. The van der Waals surface area contributed by atoms with Crippen molar-refractivity contribution in [2.75, 3.05) is 6.54 Å². The number of carbonyl (C=O) groups is 2. The SMILES string of the molecule is CC#CCCN1C(=O)C(CC)NC(=O)C1C(C)C. The van der Waals surface area contributed by atoms with Gasteiger partial charge in [-0.25, -0.2) is 0 Å². The van der Waals surface area contributed by atoms with Crippen LogP contribution in [0, 0.1) is 17.8 Å². The molecule has 0 saturated carbocycles. The molecular formula is C14H22N2O2. The molecule has 1 aliphatic rings. The van der Waals surface area contributed by atoms with Crippen molar-refractivity contribution >= 4 is 11.8 Å². The Morgan fingerprint density at radius 3 is 2.56 bits per heavy atom. The van der Waals surface area contributed by atoms with Crippen molar-refractivity contribution in [3.8, 4) is 11.8 Å². The first-order valence-corrected chi connectivity index (χ1v) is 6.53. The Balaban J connectivity index is 2.89. The summed E-state index contributed by atoms with van der Waals surface area (Å²) in [5.74, 6) is 5.86. The minimum Gasteiger partial charge on any atom is -0.343 e. The van der Waals surface area contributed by atoms with E-state index in [1.807, 2.05) is 20.8 Å². The van der Waals surface area contributed by atoms with Gasteiger partial charge in [-0.05, 0) is 19.3 Å². The zero-order chi connectivity index (χ0) is 13.7. The topological polar surface area (TPSA) is 49.4 Å². The van der Waals surface area contributed by atoms with Crippen LogP contribution in [0.4, 0.5) is 0 Å². The molecule has 0 aromatic rings. The molecule has 4 heteroatoms. The van der Waals surface area contributed by atoms with E-state index in [-0.39, 0.29) is 29.8 Å². The molecule has 1 saturated heterocycles. The minimum absolute atomic E-state index is 0.0219. The van der Waals surface area contributed by atoms with Gasteiger partial charge in [0.25, 0.3) is 0 Å². The lowest BCUT2D eigenvalue weighted by Gasteiger charge is -2.40. The normalized spacial score (nSPS) is 23.7. The first-order valence-electron chi connectivity index (χ1n) is 6.53. The van der Waals surface area contributed by atoms with Gasteiger partial charge in [-0.15, -0.1) is 11.8 Å². The second-order valence-corrected chi connectivity index (χ2v) is 4.87. The van der Waals surface area contributed by atoms with Gasteiger partial charge in [-0.1, -0.05) is 20.8 Å². The summed E-state index contributed by atoms with van der Waals surface area (Å²) < 4.78 is 0. The average Bonchev–Trinajstić information content (AvgIpc) is 2.32.